The van der Waals surface area contributed by atoms with Gasteiger partial charge in [0.25, 0.3) is 0 Å². The van der Waals surface area contributed by atoms with Gasteiger partial charge in [-0.25, -0.2) is 14.8 Å². The molecule has 0 aromatic carbocycles. The van der Waals surface area contributed by atoms with Gasteiger partial charge in [-0.05, 0) is 0 Å². The summed E-state index contributed by atoms with van der Waals surface area (Å²) in [6.07, 6.45) is 0.808. The van der Waals surface area contributed by atoms with Crippen LogP contribution in [0.15, 0.2) is 12.4 Å². The maximum atomic E-state index is 11.4. The lowest BCUT2D eigenvalue weighted by atomic mass is 10.2. The monoisotopic (exact) mass is 257 g/mol. The third-order valence-corrected chi connectivity index (χ3v) is 2.68. The molecule has 2 heterocycles. The lowest BCUT2D eigenvalue weighted by molar-refractivity contribution is -0.154. The van der Waals surface area contributed by atoms with Gasteiger partial charge < -0.3 is 14.4 Å². The van der Waals surface area contributed by atoms with Crippen LogP contribution in [0.2, 0.25) is 5.15 Å². The molecule has 0 aliphatic carbocycles. The van der Waals surface area contributed by atoms with Gasteiger partial charge in [-0.15, -0.1) is 0 Å². The van der Waals surface area contributed by atoms with Crippen molar-refractivity contribution in [3.8, 4) is 0 Å². The molecule has 1 aromatic rings. The topological polar surface area (TPSA) is 64.5 Å². The lowest BCUT2D eigenvalue weighted by Gasteiger charge is -2.32. The number of rotatable bonds is 2. The molecular formula is C10H12ClN3O3. The van der Waals surface area contributed by atoms with Crippen molar-refractivity contribution < 1.29 is 14.3 Å². The first kappa shape index (κ1) is 12.1. The van der Waals surface area contributed by atoms with Crippen LogP contribution >= 0.6 is 11.6 Å². The largest absolute Gasteiger partial charge is 0.467 e. The zero-order chi connectivity index (χ0) is 12.3. The van der Waals surface area contributed by atoms with Gasteiger partial charge in [-0.3, -0.25) is 0 Å². The van der Waals surface area contributed by atoms with Gasteiger partial charge in [0.05, 0.1) is 20.3 Å². The fourth-order valence-corrected chi connectivity index (χ4v) is 1.77. The predicted molar refractivity (Wildman–Crippen MR) is 61.0 cm³/mol. The van der Waals surface area contributed by atoms with Gasteiger partial charge in [0, 0.05) is 12.6 Å². The van der Waals surface area contributed by atoms with Crippen LogP contribution in [0.5, 0.6) is 0 Å². The number of halogens is 1. The molecule has 0 spiro atoms. The average molecular weight is 258 g/mol. The van der Waals surface area contributed by atoms with E-state index in [1.807, 2.05) is 4.90 Å². The number of anilines is 1. The minimum absolute atomic E-state index is 0.371. The highest BCUT2D eigenvalue weighted by Crippen LogP contribution is 2.17. The van der Waals surface area contributed by atoms with Crippen molar-refractivity contribution in [3.63, 3.8) is 0 Å². The highest BCUT2D eigenvalue weighted by molar-refractivity contribution is 6.29. The minimum Gasteiger partial charge on any atom is -0.467 e. The zero-order valence-electron chi connectivity index (χ0n) is 9.30. The Hall–Kier alpha value is -1.40. The van der Waals surface area contributed by atoms with Gasteiger partial charge in [-0.2, -0.15) is 0 Å². The number of aromatic nitrogens is 2. The van der Waals surface area contributed by atoms with Gasteiger partial charge in [0.1, 0.15) is 17.3 Å². The maximum Gasteiger partial charge on any atom is 0.336 e. The van der Waals surface area contributed by atoms with E-state index in [-0.39, 0.29) is 5.97 Å². The molecule has 92 valence electrons. The predicted octanol–water partition coefficient (Wildman–Crippen LogP) is 0.508. The average Bonchev–Trinajstić information content (AvgIpc) is 2.38. The molecule has 1 aliphatic heterocycles. The molecule has 17 heavy (non-hydrogen) atoms. The molecule has 2 rings (SSSR count). The van der Waals surface area contributed by atoms with E-state index < -0.39 is 6.10 Å². The Morgan fingerprint density at radius 3 is 3.18 bits per heavy atom. The highest BCUT2D eigenvalue weighted by atomic mass is 35.5. The maximum absolute atomic E-state index is 11.4. The van der Waals surface area contributed by atoms with E-state index in [4.69, 9.17) is 16.3 Å². The summed E-state index contributed by atoms with van der Waals surface area (Å²) in [7, 11) is 1.34. The molecule has 6 nitrogen and oxygen atoms in total. The smallest absolute Gasteiger partial charge is 0.336 e. The summed E-state index contributed by atoms with van der Waals surface area (Å²) >= 11 is 5.79. The molecule has 0 amide bonds. The normalized spacial score (nSPS) is 20.1. The molecule has 1 aromatic heterocycles. The second-order valence-corrected chi connectivity index (χ2v) is 3.91. The third-order valence-electron chi connectivity index (χ3n) is 2.47. The standard InChI is InChI=1S/C10H12ClN3O3/c1-16-10(15)7-5-14(2-3-17-7)9-4-8(11)12-6-13-9/h4,6-7H,2-3,5H2,1H3/t7-/m1/s1. The summed E-state index contributed by atoms with van der Waals surface area (Å²) in [5, 5.41) is 0.371. The SMILES string of the molecule is COC(=O)[C@H]1CN(c2cc(Cl)ncn2)CCO1. The third kappa shape index (κ3) is 2.83. The first-order valence-electron chi connectivity index (χ1n) is 5.12. The molecule has 0 N–H and O–H groups in total. The van der Waals surface area contributed by atoms with Crippen LogP contribution in [0.3, 0.4) is 0 Å². The number of carbonyl (C=O) groups is 1. The van der Waals surface area contributed by atoms with Gasteiger partial charge in [0.15, 0.2) is 6.10 Å². The van der Waals surface area contributed by atoms with Crippen molar-refractivity contribution in [1.82, 2.24) is 9.97 Å². The molecule has 0 bridgehead atoms. The van der Waals surface area contributed by atoms with Crippen molar-refractivity contribution >= 4 is 23.4 Å². The molecule has 0 radical (unpaired) electrons. The van der Waals surface area contributed by atoms with Crippen molar-refractivity contribution in [2.24, 2.45) is 0 Å². The fourth-order valence-electron chi connectivity index (χ4n) is 1.63. The number of carbonyl (C=O) groups excluding carboxylic acids is 1. The van der Waals surface area contributed by atoms with Crippen molar-refractivity contribution in [2.45, 2.75) is 6.10 Å². The first-order valence-corrected chi connectivity index (χ1v) is 5.50. The van der Waals surface area contributed by atoms with E-state index in [2.05, 4.69) is 14.7 Å². The Bertz CT molecular complexity index is 416. The van der Waals surface area contributed by atoms with Crippen LogP contribution in [-0.4, -0.2) is 48.8 Å². The van der Waals surface area contributed by atoms with Crippen LogP contribution in [-0.2, 0) is 14.3 Å². The molecular weight excluding hydrogens is 246 g/mol. The summed E-state index contributed by atoms with van der Waals surface area (Å²) in [6, 6.07) is 1.65. The van der Waals surface area contributed by atoms with E-state index in [1.165, 1.54) is 13.4 Å². The van der Waals surface area contributed by atoms with Crippen LogP contribution < -0.4 is 4.90 Å². The fraction of sp³-hybridized carbons (Fsp3) is 0.500. The summed E-state index contributed by atoms with van der Waals surface area (Å²) in [5.41, 5.74) is 0. The zero-order valence-corrected chi connectivity index (χ0v) is 10.1. The molecule has 1 aliphatic rings. The van der Waals surface area contributed by atoms with E-state index in [9.17, 15) is 4.79 Å². The van der Waals surface area contributed by atoms with Gasteiger partial charge in [0.2, 0.25) is 0 Å². The highest BCUT2D eigenvalue weighted by Gasteiger charge is 2.28. The quantitative estimate of drug-likeness (QED) is 0.568. The molecule has 1 atom stereocenters. The Morgan fingerprint density at radius 1 is 1.65 bits per heavy atom. The molecule has 1 saturated heterocycles. The summed E-state index contributed by atoms with van der Waals surface area (Å²) in [6.45, 7) is 1.50. The van der Waals surface area contributed by atoms with Gasteiger partial charge in [-0.1, -0.05) is 11.6 Å². The Labute approximate surface area is 104 Å². The number of methoxy groups -OCH3 is 1. The Morgan fingerprint density at radius 2 is 2.47 bits per heavy atom. The van der Waals surface area contributed by atoms with E-state index in [0.29, 0.717) is 30.7 Å². The Kier molecular flexibility index (Phi) is 3.75. The van der Waals surface area contributed by atoms with Crippen LogP contribution in [0, 0.1) is 0 Å². The number of hydrogen-bond donors (Lipinski definition) is 0. The van der Waals surface area contributed by atoms with E-state index in [1.54, 1.807) is 6.07 Å². The van der Waals surface area contributed by atoms with E-state index >= 15 is 0 Å². The lowest BCUT2D eigenvalue weighted by Crippen LogP contribution is -2.46. The number of nitrogens with zero attached hydrogens (tertiary/aromatic N) is 3. The number of esters is 1. The first-order chi connectivity index (χ1) is 8.20. The van der Waals surface area contributed by atoms with Gasteiger partial charge >= 0.3 is 5.97 Å². The number of morpholine rings is 1. The number of hydrogen-bond acceptors (Lipinski definition) is 6. The summed E-state index contributed by atoms with van der Waals surface area (Å²) < 4.78 is 9.97. The van der Waals surface area contributed by atoms with Crippen molar-refractivity contribution in [3.05, 3.63) is 17.5 Å². The molecule has 1 fully saturated rings. The van der Waals surface area contributed by atoms with Crippen LogP contribution in [0.25, 0.3) is 0 Å². The molecule has 0 unspecified atom stereocenters. The van der Waals surface area contributed by atoms with Crippen molar-refractivity contribution in [1.29, 1.82) is 0 Å². The second-order valence-electron chi connectivity index (χ2n) is 3.53. The van der Waals surface area contributed by atoms with Crippen LogP contribution in [0.4, 0.5) is 5.82 Å². The summed E-state index contributed by atoms with van der Waals surface area (Å²) in [5.74, 6) is 0.303. The Balaban J connectivity index is 2.09. The number of ether oxygens (including phenoxy) is 2. The minimum atomic E-state index is -0.581. The second kappa shape index (κ2) is 5.29. The molecule has 0 saturated carbocycles. The van der Waals surface area contributed by atoms with E-state index in [0.717, 1.165) is 0 Å². The summed E-state index contributed by atoms with van der Waals surface area (Å²) in [4.78, 5) is 21.2. The molecule has 7 heteroatoms. The van der Waals surface area contributed by atoms with Crippen LogP contribution in [0.1, 0.15) is 0 Å². The van der Waals surface area contributed by atoms with Crippen molar-refractivity contribution in [2.75, 3.05) is 31.7 Å².